The lowest BCUT2D eigenvalue weighted by molar-refractivity contribution is 0.472. The summed E-state index contributed by atoms with van der Waals surface area (Å²) in [6.07, 6.45) is 5.15. The molecule has 0 N–H and O–H groups in total. The van der Waals surface area contributed by atoms with Gasteiger partial charge in [-0.1, -0.05) is 11.6 Å². The van der Waals surface area contributed by atoms with Gasteiger partial charge in [0.2, 0.25) is 5.95 Å². The molecule has 7 nitrogen and oxygen atoms in total. The summed E-state index contributed by atoms with van der Waals surface area (Å²) < 4.78 is 13.5. The van der Waals surface area contributed by atoms with Crippen molar-refractivity contribution in [2.45, 2.75) is 18.8 Å². The van der Waals surface area contributed by atoms with E-state index in [1.165, 1.54) is 12.1 Å². The van der Waals surface area contributed by atoms with Gasteiger partial charge in [0.25, 0.3) is 0 Å². The van der Waals surface area contributed by atoms with Crippen LogP contribution in [0.3, 0.4) is 0 Å². The number of halogens is 2. The number of rotatable bonds is 3. The smallest absolute Gasteiger partial charge is 0.227 e. The molecule has 9 heteroatoms. The molecule has 0 spiro atoms. The molecule has 3 aromatic rings. The van der Waals surface area contributed by atoms with Crippen molar-refractivity contribution in [2.75, 3.05) is 36.0 Å². The summed E-state index contributed by atoms with van der Waals surface area (Å²) in [5.41, 5.74) is 1.59. The molecule has 5 rings (SSSR count). The van der Waals surface area contributed by atoms with Gasteiger partial charge in [-0.15, -0.1) is 0 Å². The minimum absolute atomic E-state index is 0.129. The van der Waals surface area contributed by atoms with Crippen LogP contribution >= 0.6 is 11.6 Å². The molecule has 0 amide bonds. The van der Waals surface area contributed by atoms with Crippen molar-refractivity contribution in [1.29, 1.82) is 5.26 Å². The normalized spacial score (nSPS) is 17.8. The minimum Gasteiger partial charge on any atom is -0.355 e. The average molecular weight is 424 g/mol. The number of aromatic nitrogens is 4. The third-order valence-corrected chi connectivity index (χ3v) is 6.12. The predicted molar refractivity (Wildman–Crippen MR) is 112 cm³/mol. The molecule has 0 radical (unpaired) electrons. The summed E-state index contributed by atoms with van der Waals surface area (Å²) in [6, 6.07) is 6.70. The molecular weight excluding hydrogens is 405 g/mol. The van der Waals surface area contributed by atoms with Gasteiger partial charge in [-0.25, -0.2) is 19.3 Å². The number of nitriles is 1. The fraction of sp³-hybridized carbons (Fsp3) is 0.381. The van der Waals surface area contributed by atoms with Gasteiger partial charge in [0.1, 0.15) is 11.0 Å². The molecule has 2 saturated heterocycles. The largest absolute Gasteiger partial charge is 0.355 e. The van der Waals surface area contributed by atoms with E-state index < -0.39 is 0 Å². The van der Waals surface area contributed by atoms with E-state index in [2.05, 4.69) is 30.9 Å². The Kier molecular flexibility index (Phi) is 4.83. The molecule has 152 valence electrons. The molecule has 0 unspecified atom stereocenters. The van der Waals surface area contributed by atoms with Crippen LogP contribution in [-0.2, 0) is 0 Å². The Morgan fingerprint density at radius 3 is 2.60 bits per heavy atom. The van der Waals surface area contributed by atoms with E-state index in [1.807, 2.05) is 4.90 Å². The number of fused-ring (bicyclic) bond motifs is 1. The minimum atomic E-state index is -0.362. The molecule has 4 heterocycles. The van der Waals surface area contributed by atoms with Gasteiger partial charge in [0.15, 0.2) is 5.82 Å². The van der Waals surface area contributed by atoms with E-state index in [9.17, 15) is 4.39 Å². The van der Waals surface area contributed by atoms with Gasteiger partial charge >= 0.3 is 0 Å². The Morgan fingerprint density at radius 2 is 1.83 bits per heavy atom. The first-order valence-corrected chi connectivity index (χ1v) is 10.3. The maximum atomic E-state index is 13.5. The maximum Gasteiger partial charge on any atom is 0.227 e. The zero-order valence-electron chi connectivity index (χ0n) is 16.2. The summed E-state index contributed by atoms with van der Waals surface area (Å²) >= 11 is 6.27. The highest BCUT2D eigenvalue weighted by molar-refractivity contribution is 6.34. The highest BCUT2D eigenvalue weighted by Crippen LogP contribution is 2.35. The second-order valence-electron chi connectivity index (χ2n) is 7.73. The Balaban J connectivity index is 1.34. The number of hydrogen-bond acceptors (Lipinski definition) is 7. The summed E-state index contributed by atoms with van der Waals surface area (Å²) in [4.78, 5) is 22.4. The quantitative estimate of drug-likeness (QED) is 0.595. The van der Waals surface area contributed by atoms with E-state index in [1.54, 1.807) is 18.5 Å². The first-order valence-electron chi connectivity index (χ1n) is 9.95. The summed E-state index contributed by atoms with van der Waals surface area (Å²) in [7, 11) is 0. The number of nitrogens with zero attached hydrogens (tertiary/aromatic N) is 7. The zero-order chi connectivity index (χ0) is 20.7. The second-order valence-corrected chi connectivity index (χ2v) is 8.09. The first-order chi connectivity index (χ1) is 14.6. The Labute approximate surface area is 178 Å². The van der Waals surface area contributed by atoms with E-state index in [-0.39, 0.29) is 22.8 Å². The number of hydrogen-bond donors (Lipinski definition) is 0. The predicted octanol–water partition coefficient (Wildman–Crippen LogP) is 3.56. The van der Waals surface area contributed by atoms with Crippen molar-refractivity contribution in [2.24, 2.45) is 5.92 Å². The highest BCUT2D eigenvalue weighted by atomic mass is 35.5. The Bertz CT molecular complexity index is 1130. The van der Waals surface area contributed by atoms with Crippen LogP contribution in [0.1, 0.15) is 24.5 Å². The van der Waals surface area contributed by atoms with Gasteiger partial charge < -0.3 is 9.80 Å². The third kappa shape index (κ3) is 3.39. The van der Waals surface area contributed by atoms with E-state index >= 15 is 0 Å². The fourth-order valence-electron chi connectivity index (χ4n) is 4.10. The standard InChI is InChI=1S/C21H19ClFN7/c22-19-16-9-15(23)1-2-17(16)27-21(28-19)30-11-14(12-30)18-20(26-6-5-25-18)29-7-3-13(10-24)4-8-29/h1-2,5-6,9,13-14H,3-4,7-8,11-12H2. The number of benzene rings is 1. The SMILES string of the molecule is N#CC1CCN(c2nccnc2C2CN(c3nc(Cl)c4cc(F)ccc4n3)C2)CC1. The Morgan fingerprint density at radius 1 is 1.07 bits per heavy atom. The molecule has 2 fully saturated rings. The van der Waals surface area contributed by atoms with Crippen molar-refractivity contribution < 1.29 is 4.39 Å². The summed E-state index contributed by atoms with van der Waals surface area (Å²) in [5.74, 6) is 1.43. The highest BCUT2D eigenvalue weighted by Gasteiger charge is 2.35. The fourth-order valence-corrected chi connectivity index (χ4v) is 4.33. The summed E-state index contributed by atoms with van der Waals surface area (Å²) in [5, 5.41) is 9.89. The molecule has 0 aliphatic carbocycles. The molecule has 2 aromatic heterocycles. The molecule has 1 aromatic carbocycles. The van der Waals surface area contributed by atoms with Crippen LogP contribution in [0, 0.1) is 23.1 Å². The van der Waals surface area contributed by atoms with Crippen LogP contribution in [0.25, 0.3) is 10.9 Å². The van der Waals surface area contributed by atoms with Crippen LogP contribution in [0.15, 0.2) is 30.6 Å². The number of anilines is 2. The van der Waals surface area contributed by atoms with Crippen molar-refractivity contribution in [1.82, 2.24) is 19.9 Å². The van der Waals surface area contributed by atoms with Crippen molar-refractivity contribution >= 4 is 34.3 Å². The van der Waals surface area contributed by atoms with Gasteiger partial charge in [0.05, 0.1) is 17.3 Å². The van der Waals surface area contributed by atoms with Gasteiger partial charge in [0, 0.05) is 55.8 Å². The zero-order valence-corrected chi connectivity index (χ0v) is 16.9. The molecule has 2 aliphatic heterocycles. The van der Waals surface area contributed by atoms with Gasteiger partial charge in [-0.2, -0.15) is 5.26 Å². The van der Waals surface area contributed by atoms with E-state index in [0.29, 0.717) is 29.9 Å². The summed E-state index contributed by atoms with van der Waals surface area (Å²) in [6.45, 7) is 3.06. The lowest BCUT2D eigenvalue weighted by Crippen LogP contribution is -2.47. The molecule has 0 saturated carbocycles. The van der Waals surface area contributed by atoms with E-state index in [0.717, 1.165) is 37.4 Å². The number of piperidine rings is 1. The van der Waals surface area contributed by atoms with Crippen molar-refractivity contribution in [3.8, 4) is 6.07 Å². The Hall–Kier alpha value is -3.05. The van der Waals surface area contributed by atoms with Crippen LogP contribution in [0.5, 0.6) is 0 Å². The van der Waals surface area contributed by atoms with Gasteiger partial charge in [-0.05, 0) is 31.0 Å². The second kappa shape index (κ2) is 7.65. The first kappa shape index (κ1) is 18.9. The lowest BCUT2D eigenvalue weighted by atomic mass is 9.94. The topological polar surface area (TPSA) is 81.8 Å². The molecule has 30 heavy (non-hydrogen) atoms. The van der Waals surface area contributed by atoms with Gasteiger partial charge in [-0.3, -0.25) is 4.98 Å². The lowest BCUT2D eigenvalue weighted by Gasteiger charge is -2.40. The third-order valence-electron chi connectivity index (χ3n) is 5.83. The van der Waals surface area contributed by atoms with Crippen molar-refractivity contribution in [3.05, 3.63) is 47.3 Å². The van der Waals surface area contributed by atoms with E-state index in [4.69, 9.17) is 16.9 Å². The molecule has 0 atom stereocenters. The van der Waals surface area contributed by atoms with Crippen LogP contribution in [0.2, 0.25) is 5.15 Å². The van der Waals surface area contributed by atoms with Crippen molar-refractivity contribution in [3.63, 3.8) is 0 Å². The maximum absolute atomic E-state index is 13.5. The average Bonchev–Trinajstić information content (AvgIpc) is 2.74. The molecular formula is C21H19ClFN7. The molecule has 2 aliphatic rings. The van der Waals surface area contributed by atoms with Crippen LogP contribution in [-0.4, -0.2) is 46.1 Å². The van der Waals surface area contributed by atoms with Crippen LogP contribution in [0.4, 0.5) is 16.2 Å². The molecule has 0 bridgehead atoms. The van der Waals surface area contributed by atoms with Crippen LogP contribution < -0.4 is 9.80 Å². The monoisotopic (exact) mass is 423 g/mol.